The molecule has 1 unspecified atom stereocenters. The van der Waals surface area contributed by atoms with Gasteiger partial charge in [0.15, 0.2) is 11.5 Å². The fraction of sp³-hybridized carbons (Fsp3) is 0.294. The average molecular weight is 320 g/mol. The summed E-state index contributed by atoms with van der Waals surface area (Å²) in [6, 6.07) is 11.3. The van der Waals surface area contributed by atoms with Crippen LogP contribution in [0.25, 0.3) is 11.1 Å². The summed E-state index contributed by atoms with van der Waals surface area (Å²) < 4.78 is 17.3. The van der Waals surface area contributed by atoms with Gasteiger partial charge in [-0.25, -0.2) is 0 Å². The normalized spacial score (nSPS) is 16.4. The summed E-state index contributed by atoms with van der Waals surface area (Å²) >= 11 is 6.14. The van der Waals surface area contributed by atoms with Crippen molar-refractivity contribution in [3.05, 3.63) is 41.4 Å². The van der Waals surface area contributed by atoms with Crippen LogP contribution in [0.2, 0.25) is 5.02 Å². The number of benzene rings is 2. The van der Waals surface area contributed by atoms with Crippen LogP contribution in [0.5, 0.6) is 17.2 Å². The molecule has 0 amide bonds. The molecule has 2 aromatic carbocycles. The Morgan fingerprint density at radius 2 is 2.14 bits per heavy atom. The van der Waals surface area contributed by atoms with E-state index in [0.717, 1.165) is 29.0 Å². The minimum atomic E-state index is -0.0381. The van der Waals surface area contributed by atoms with Crippen molar-refractivity contribution >= 4 is 11.6 Å². The van der Waals surface area contributed by atoms with E-state index in [4.69, 9.17) is 31.5 Å². The molecule has 1 heterocycles. The maximum atomic E-state index is 6.14. The average Bonchev–Trinajstić information content (AvgIpc) is 2.54. The number of hydrogen-bond donors (Lipinski definition) is 1. The van der Waals surface area contributed by atoms with Gasteiger partial charge in [-0.1, -0.05) is 23.7 Å². The lowest BCUT2D eigenvalue weighted by Crippen LogP contribution is -2.31. The van der Waals surface area contributed by atoms with E-state index >= 15 is 0 Å². The first-order valence-electron chi connectivity index (χ1n) is 7.19. The second-order valence-corrected chi connectivity index (χ2v) is 5.54. The number of methoxy groups -OCH3 is 1. The third kappa shape index (κ3) is 2.85. The zero-order chi connectivity index (χ0) is 15.5. The van der Waals surface area contributed by atoms with Gasteiger partial charge in [0.1, 0.15) is 18.5 Å². The van der Waals surface area contributed by atoms with Crippen LogP contribution in [-0.2, 0) is 0 Å². The number of rotatable bonds is 4. The SMILES string of the molecule is COc1ccc(Cl)cc1-c1cccc2c1OC(CCN)CO2. The fourth-order valence-corrected chi connectivity index (χ4v) is 2.74. The van der Waals surface area contributed by atoms with Crippen molar-refractivity contribution in [2.45, 2.75) is 12.5 Å². The molecule has 0 saturated carbocycles. The van der Waals surface area contributed by atoms with E-state index in [-0.39, 0.29) is 6.10 Å². The predicted octanol–water partition coefficient (Wildman–Crippen LogP) is 3.50. The third-order valence-corrected chi connectivity index (χ3v) is 3.86. The van der Waals surface area contributed by atoms with Crippen molar-refractivity contribution in [2.75, 3.05) is 20.3 Å². The molecule has 1 atom stereocenters. The van der Waals surface area contributed by atoms with E-state index in [9.17, 15) is 0 Å². The van der Waals surface area contributed by atoms with Crippen molar-refractivity contribution in [3.63, 3.8) is 0 Å². The maximum absolute atomic E-state index is 6.14. The molecule has 5 heteroatoms. The second-order valence-electron chi connectivity index (χ2n) is 5.11. The first-order chi connectivity index (χ1) is 10.7. The Labute approximate surface area is 134 Å². The molecule has 0 fully saturated rings. The highest BCUT2D eigenvalue weighted by molar-refractivity contribution is 6.31. The number of ether oxygens (including phenoxy) is 3. The first kappa shape index (κ1) is 15.0. The van der Waals surface area contributed by atoms with Crippen LogP contribution < -0.4 is 19.9 Å². The van der Waals surface area contributed by atoms with E-state index in [1.54, 1.807) is 13.2 Å². The molecule has 2 aromatic rings. The predicted molar refractivity (Wildman–Crippen MR) is 87.0 cm³/mol. The fourth-order valence-electron chi connectivity index (χ4n) is 2.57. The minimum Gasteiger partial charge on any atom is -0.496 e. The van der Waals surface area contributed by atoms with Crippen LogP contribution in [0, 0.1) is 0 Å². The molecule has 0 aromatic heterocycles. The molecule has 0 radical (unpaired) electrons. The van der Waals surface area contributed by atoms with Crippen LogP contribution in [0.3, 0.4) is 0 Å². The molecule has 0 spiro atoms. The van der Waals surface area contributed by atoms with Crippen molar-refractivity contribution < 1.29 is 14.2 Å². The highest BCUT2D eigenvalue weighted by Crippen LogP contribution is 2.44. The Balaban J connectivity index is 2.08. The number of nitrogens with two attached hydrogens (primary N) is 1. The van der Waals surface area contributed by atoms with Crippen LogP contribution in [0.1, 0.15) is 6.42 Å². The van der Waals surface area contributed by atoms with Gasteiger partial charge in [0.25, 0.3) is 0 Å². The Kier molecular flexibility index (Phi) is 4.41. The lowest BCUT2D eigenvalue weighted by molar-refractivity contribution is 0.0873. The summed E-state index contributed by atoms with van der Waals surface area (Å²) in [7, 11) is 1.64. The summed E-state index contributed by atoms with van der Waals surface area (Å²) in [5.41, 5.74) is 7.40. The molecular formula is C17H18ClNO3. The third-order valence-electron chi connectivity index (χ3n) is 3.63. The van der Waals surface area contributed by atoms with E-state index in [1.165, 1.54) is 0 Å². The molecule has 1 aliphatic rings. The maximum Gasteiger partial charge on any atom is 0.169 e. The molecule has 3 rings (SSSR count). The van der Waals surface area contributed by atoms with Gasteiger partial charge in [0, 0.05) is 16.1 Å². The van der Waals surface area contributed by atoms with Crippen LogP contribution in [0.15, 0.2) is 36.4 Å². The smallest absolute Gasteiger partial charge is 0.169 e. The van der Waals surface area contributed by atoms with Crippen molar-refractivity contribution in [3.8, 4) is 28.4 Å². The molecule has 22 heavy (non-hydrogen) atoms. The first-order valence-corrected chi connectivity index (χ1v) is 7.57. The summed E-state index contributed by atoms with van der Waals surface area (Å²) in [6.07, 6.45) is 0.712. The number of fused-ring (bicyclic) bond motifs is 1. The van der Waals surface area contributed by atoms with Gasteiger partial charge in [-0.3, -0.25) is 0 Å². The Morgan fingerprint density at radius 3 is 2.91 bits per heavy atom. The topological polar surface area (TPSA) is 53.7 Å². The van der Waals surface area contributed by atoms with Gasteiger partial charge in [0.05, 0.1) is 7.11 Å². The van der Waals surface area contributed by atoms with Gasteiger partial charge in [0.2, 0.25) is 0 Å². The van der Waals surface area contributed by atoms with Gasteiger partial charge < -0.3 is 19.9 Å². The number of hydrogen-bond acceptors (Lipinski definition) is 4. The quantitative estimate of drug-likeness (QED) is 0.937. The second kappa shape index (κ2) is 6.46. The standard InChI is InChI=1S/C17H18ClNO3/c1-20-15-6-5-11(18)9-14(15)13-3-2-4-16-17(13)22-12(7-8-19)10-21-16/h2-6,9,12H,7-8,10,19H2,1H3. The van der Waals surface area contributed by atoms with Crippen LogP contribution >= 0.6 is 11.6 Å². The van der Waals surface area contributed by atoms with Crippen molar-refractivity contribution in [2.24, 2.45) is 5.73 Å². The molecule has 0 aliphatic carbocycles. The van der Waals surface area contributed by atoms with Gasteiger partial charge in [-0.2, -0.15) is 0 Å². The van der Waals surface area contributed by atoms with Crippen molar-refractivity contribution in [1.82, 2.24) is 0 Å². The Hall–Kier alpha value is -1.91. The van der Waals surface area contributed by atoms with E-state index < -0.39 is 0 Å². The number of halogens is 1. The van der Waals surface area contributed by atoms with Crippen LogP contribution in [0.4, 0.5) is 0 Å². The highest BCUT2D eigenvalue weighted by atomic mass is 35.5. The zero-order valence-corrected chi connectivity index (χ0v) is 13.1. The molecule has 0 bridgehead atoms. The molecule has 4 nitrogen and oxygen atoms in total. The molecule has 2 N–H and O–H groups in total. The van der Waals surface area contributed by atoms with E-state index in [1.807, 2.05) is 30.3 Å². The summed E-state index contributed by atoms with van der Waals surface area (Å²) in [5.74, 6) is 2.18. The lowest BCUT2D eigenvalue weighted by atomic mass is 10.0. The Bertz CT molecular complexity index is 675. The Morgan fingerprint density at radius 1 is 1.27 bits per heavy atom. The van der Waals surface area contributed by atoms with Gasteiger partial charge in [-0.05, 0) is 37.2 Å². The molecule has 0 saturated heterocycles. The molecule has 116 valence electrons. The largest absolute Gasteiger partial charge is 0.496 e. The van der Waals surface area contributed by atoms with Gasteiger partial charge >= 0.3 is 0 Å². The molecular weight excluding hydrogens is 302 g/mol. The van der Waals surface area contributed by atoms with Crippen molar-refractivity contribution in [1.29, 1.82) is 0 Å². The monoisotopic (exact) mass is 319 g/mol. The van der Waals surface area contributed by atoms with E-state index in [0.29, 0.717) is 23.9 Å². The van der Waals surface area contributed by atoms with E-state index in [2.05, 4.69) is 0 Å². The summed E-state index contributed by atoms with van der Waals surface area (Å²) in [6.45, 7) is 1.08. The molecule has 1 aliphatic heterocycles. The summed E-state index contributed by atoms with van der Waals surface area (Å²) in [5, 5.41) is 0.642. The summed E-state index contributed by atoms with van der Waals surface area (Å²) in [4.78, 5) is 0. The van der Waals surface area contributed by atoms with Crippen LogP contribution in [-0.4, -0.2) is 26.4 Å². The minimum absolute atomic E-state index is 0.0381. The number of para-hydroxylation sites is 1. The van der Waals surface area contributed by atoms with Gasteiger partial charge in [-0.15, -0.1) is 0 Å². The lowest BCUT2D eigenvalue weighted by Gasteiger charge is -2.28. The zero-order valence-electron chi connectivity index (χ0n) is 12.3. The highest BCUT2D eigenvalue weighted by Gasteiger charge is 2.24.